The topological polar surface area (TPSA) is 100 Å². The van der Waals surface area contributed by atoms with Crippen LogP contribution in [0.25, 0.3) is 0 Å². The van der Waals surface area contributed by atoms with Gasteiger partial charge >= 0.3 is 0 Å². The summed E-state index contributed by atoms with van der Waals surface area (Å²) < 4.78 is 35.1. The third-order valence-electron chi connectivity index (χ3n) is 3.56. The molecule has 126 valence electrons. The molecule has 3 unspecified atom stereocenters. The Bertz CT molecular complexity index is 591. The van der Waals surface area contributed by atoms with Crippen LogP contribution in [0.4, 0.5) is 0 Å². The molecular formula is C13H25N5O3S. The molecule has 2 heterocycles. The van der Waals surface area contributed by atoms with Crippen molar-refractivity contribution >= 4 is 10.2 Å². The van der Waals surface area contributed by atoms with Gasteiger partial charge in [0, 0.05) is 13.1 Å². The van der Waals surface area contributed by atoms with Crippen LogP contribution in [0.1, 0.15) is 45.4 Å². The van der Waals surface area contributed by atoms with Gasteiger partial charge in [-0.2, -0.15) is 22.5 Å². The molecule has 2 rings (SSSR count). The maximum absolute atomic E-state index is 12.7. The van der Waals surface area contributed by atoms with Crippen LogP contribution in [-0.4, -0.2) is 53.2 Å². The fraction of sp³-hybridized carbons (Fsp3) is 0.846. The number of morpholine rings is 1. The number of H-pyrrole nitrogens is 1. The summed E-state index contributed by atoms with van der Waals surface area (Å²) in [5.41, 5.74) is 0. The van der Waals surface area contributed by atoms with Crippen LogP contribution in [-0.2, 0) is 14.9 Å². The number of hydrogen-bond acceptors (Lipinski definition) is 5. The molecule has 1 aliphatic rings. The van der Waals surface area contributed by atoms with E-state index >= 15 is 0 Å². The van der Waals surface area contributed by atoms with Gasteiger partial charge in [-0.05, 0) is 26.7 Å². The van der Waals surface area contributed by atoms with Gasteiger partial charge in [0.25, 0.3) is 10.2 Å². The SMILES string of the molecule is Cc1nc(C(NS(=O)(=O)N2CC(C)OC(C)C2)C(C)C)n[nH]1. The second kappa shape index (κ2) is 6.61. The number of rotatable bonds is 5. The monoisotopic (exact) mass is 331 g/mol. The van der Waals surface area contributed by atoms with Gasteiger partial charge in [-0.1, -0.05) is 13.8 Å². The molecule has 1 aromatic heterocycles. The number of aryl methyl sites for hydroxylation is 1. The van der Waals surface area contributed by atoms with Crippen molar-refractivity contribution < 1.29 is 13.2 Å². The lowest BCUT2D eigenvalue weighted by molar-refractivity contribution is -0.0445. The van der Waals surface area contributed by atoms with Crippen molar-refractivity contribution in [1.82, 2.24) is 24.2 Å². The van der Waals surface area contributed by atoms with E-state index in [1.165, 1.54) is 4.31 Å². The van der Waals surface area contributed by atoms with Crippen LogP contribution < -0.4 is 4.72 Å². The van der Waals surface area contributed by atoms with Gasteiger partial charge in [0.05, 0.1) is 18.2 Å². The van der Waals surface area contributed by atoms with Gasteiger partial charge < -0.3 is 4.74 Å². The zero-order valence-corrected chi connectivity index (χ0v) is 14.5. The van der Waals surface area contributed by atoms with Crippen molar-refractivity contribution in [3.63, 3.8) is 0 Å². The molecule has 0 spiro atoms. The summed E-state index contributed by atoms with van der Waals surface area (Å²) in [4.78, 5) is 4.25. The molecule has 3 atom stereocenters. The molecule has 0 bridgehead atoms. The van der Waals surface area contributed by atoms with E-state index in [0.29, 0.717) is 24.7 Å². The number of nitrogens with one attached hydrogen (secondary N) is 2. The first-order chi connectivity index (χ1) is 10.2. The second-order valence-electron chi connectivity index (χ2n) is 6.20. The fourth-order valence-corrected chi connectivity index (χ4v) is 4.21. The number of nitrogens with zero attached hydrogens (tertiary/aromatic N) is 3. The Morgan fingerprint density at radius 3 is 2.36 bits per heavy atom. The van der Waals surface area contributed by atoms with Crippen molar-refractivity contribution in [2.45, 2.75) is 52.9 Å². The van der Waals surface area contributed by atoms with Gasteiger partial charge in [-0.25, -0.2) is 4.98 Å². The molecule has 22 heavy (non-hydrogen) atoms. The molecule has 1 saturated heterocycles. The minimum absolute atomic E-state index is 0.0286. The van der Waals surface area contributed by atoms with Crippen LogP contribution in [0.3, 0.4) is 0 Å². The number of hydrogen-bond donors (Lipinski definition) is 2. The molecule has 9 heteroatoms. The average Bonchev–Trinajstić information content (AvgIpc) is 2.81. The highest BCUT2D eigenvalue weighted by atomic mass is 32.2. The Morgan fingerprint density at radius 2 is 1.91 bits per heavy atom. The van der Waals surface area contributed by atoms with Gasteiger partial charge in [0.15, 0.2) is 5.82 Å². The lowest BCUT2D eigenvalue weighted by atomic mass is 10.1. The number of aromatic amines is 1. The highest BCUT2D eigenvalue weighted by Crippen LogP contribution is 2.21. The Labute approximate surface area is 131 Å². The minimum atomic E-state index is -3.62. The first-order valence-corrected chi connectivity index (χ1v) is 8.94. The lowest BCUT2D eigenvalue weighted by Gasteiger charge is -2.35. The summed E-state index contributed by atoms with van der Waals surface area (Å²) in [6.07, 6.45) is -0.243. The van der Waals surface area contributed by atoms with Gasteiger partial charge in [-0.15, -0.1) is 0 Å². The van der Waals surface area contributed by atoms with E-state index in [0.717, 1.165) is 0 Å². The summed E-state index contributed by atoms with van der Waals surface area (Å²) >= 11 is 0. The van der Waals surface area contributed by atoms with E-state index in [-0.39, 0.29) is 18.1 Å². The summed E-state index contributed by atoms with van der Waals surface area (Å²) in [5, 5.41) is 6.84. The second-order valence-corrected chi connectivity index (χ2v) is 7.90. The molecule has 1 aromatic rings. The van der Waals surface area contributed by atoms with E-state index in [4.69, 9.17) is 4.74 Å². The molecule has 2 N–H and O–H groups in total. The van der Waals surface area contributed by atoms with E-state index in [1.54, 1.807) is 6.92 Å². The Morgan fingerprint density at radius 1 is 1.32 bits per heavy atom. The van der Waals surface area contributed by atoms with Gasteiger partial charge in [0.2, 0.25) is 0 Å². The maximum Gasteiger partial charge on any atom is 0.280 e. The van der Waals surface area contributed by atoms with E-state index in [2.05, 4.69) is 19.9 Å². The molecule has 0 radical (unpaired) electrons. The standard InChI is InChI=1S/C13H25N5O3S/c1-8(2)12(13-14-11(5)15-16-13)17-22(19,20)18-6-9(3)21-10(4)7-18/h8-10,12,17H,6-7H2,1-5H3,(H,14,15,16). The third kappa shape index (κ3) is 4.03. The van der Waals surface area contributed by atoms with Crippen molar-refractivity contribution in [1.29, 1.82) is 0 Å². The van der Waals surface area contributed by atoms with E-state index in [9.17, 15) is 8.42 Å². The highest BCUT2D eigenvalue weighted by Gasteiger charge is 2.34. The third-order valence-corrected chi connectivity index (χ3v) is 5.09. The largest absolute Gasteiger partial charge is 0.373 e. The van der Waals surface area contributed by atoms with E-state index < -0.39 is 16.3 Å². The van der Waals surface area contributed by atoms with Crippen LogP contribution in [0.2, 0.25) is 0 Å². The Hall–Kier alpha value is -1.03. The smallest absolute Gasteiger partial charge is 0.280 e. The molecule has 8 nitrogen and oxygen atoms in total. The lowest BCUT2D eigenvalue weighted by Crippen LogP contribution is -2.52. The quantitative estimate of drug-likeness (QED) is 0.829. The maximum atomic E-state index is 12.7. The predicted molar refractivity (Wildman–Crippen MR) is 82.3 cm³/mol. The van der Waals surface area contributed by atoms with Crippen molar-refractivity contribution in [3.8, 4) is 0 Å². The van der Waals surface area contributed by atoms with Crippen molar-refractivity contribution in [2.24, 2.45) is 5.92 Å². The minimum Gasteiger partial charge on any atom is -0.373 e. The van der Waals surface area contributed by atoms with Crippen LogP contribution in [0, 0.1) is 12.8 Å². The van der Waals surface area contributed by atoms with Crippen molar-refractivity contribution in [3.05, 3.63) is 11.6 Å². The Kier molecular flexibility index (Phi) is 5.21. The normalized spacial score (nSPS) is 25.5. The fourth-order valence-electron chi connectivity index (χ4n) is 2.55. The van der Waals surface area contributed by atoms with Crippen LogP contribution in [0.15, 0.2) is 0 Å². The molecule has 0 aliphatic carbocycles. The molecule has 0 aromatic carbocycles. The zero-order valence-electron chi connectivity index (χ0n) is 13.7. The highest BCUT2D eigenvalue weighted by molar-refractivity contribution is 7.87. The summed E-state index contributed by atoms with van der Waals surface area (Å²) in [6, 6.07) is -0.469. The van der Waals surface area contributed by atoms with Gasteiger partial charge in [-0.3, -0.25) is 5.10 Å². The number of aromatic nitrogens is 3. The summed E-state index contributed by atoms with van der Waals surface area (Å²) in [7, 11) is -3.62. The average molecular weight is 331 g/mol. The summed E-state index contributed by atoms with van der Waals surface area (Å²) in [5.74, 6) is 1.15. The molecule has 1 aliphatic heterocycles. The molecular weight excluding hydrogens is 306 g/mol. The van der Waals surface area contributed by atoms with Crippen LogP contribution >= 0.6 is 0 Å². The first kappa shape index (κ1) is 17.3. The van der Waals surface area contributed by atoms with Gasteiger partial charge in [0.1, 0.15) is 5.82 Å². The molecule has 0 amide bonds. The predicted octanol–water partition coefficient (Wildman–Crippen LogP) is 0.754. The number of ether oxygens (including phenoxy) is 1. The van der Waals surface area contributed by atoms with Crippen LogP contribution in [0.5, 0.6) is 0 Å². The first-order valence-electron chi connectivity index (χ1n) is 7.50. The Balaban J connectivity index is 2.18. The molecule has 1 fully saturated rings. The summed E-state index contributed by atoms with van der Waals surface area (Å²) in [6.45, 7) is 10.1. The van der Waals surface area contributed by atoms with Crippen molar-refractivity contribution in [2.75, 3.05) is 13.1 Å². The molecule has 0 saturated carbocycles. The van der Waals surface area contributed by atoms with E-state index in [1.807, 2.05) is 27.7 Å². The zero-order chi connectivity index (χ0) is 16.5.